The first kappa shape index (κ1) is 22.8. The van der Waals surface area contributed by atoms with Gasteiger partial charge in [0.1, 0.15) is 5.82 Å². The van der Waals surface area contributed by atoms with E-state index >= 15 is 0 Å². The first-order chi connectivity index (χ1) is 13.5. The van der Waals surface area contributed by atoms with Crippen LogP contribution in [0.25, 0.3) is 0 Å². The highest BCUT2D eigenvalue weighted by Crippen LogP contribution is 2.22. The summed E-state index contributed by atoms with van der Waals surface area (Å²) in [6.45, 7) is 3.47. The maximum Gasteiger partial charge on any atom is 0.254 e. The average molecular weight is 421 g/mol. The van der Waals surface area contributed by atoms with Gasteiger partial charge in [0.25, 0.3) is 5.91 Å². The maximum atomic E-state index is 14.0. The Bertz CT molecular complexity index is 827. The number of benzene rings is 1. The van der Waals surface area contributed by atoms with Gasteiger partial charge in [-0.2, -0.15) is 0 Å². The van der Waals surface area contributed by atoms with Crippen molar-refractivity contribution in [2.75, 3.05) is 18.4 Å². The lowest BCUT2D eigenvalue weighted by molar-refractivity contribution is -0.114. The van der Waals surface area contributed by atoms with Crippen molar-refractivity contribution in [3.05, 3.63) is 59.7 Å². The SMILES string of the molecule is CC(=O)Nc1cc(C(=O)N(Cc2ccccn2)C2CCCNCC2)ccc1F.Cl. The number of nitrogens with one attached hydrogen (secondary N) is 2. The van der Waals surface area contributed by atoms with E-state index < -0.39 is 5.82 Å². The highest BCUT2D eigenvalue weighted by atomic mass is 35.5. The summed E-state index contributed by atoms with van der Waals surface area (Å²) in [6, 6.07) is 9.77. The molecule has 0 spiro atoms. The molecule has 0 saturated carbocycles. The standard InChI is InChI=1S/C21H25FN4O2.ClH/c1-15(27)25-20-13-16(7-8-19(20)22)21(28)26(14-17-5-2-3-11-24-17)18-6-4-10-23-12-9-18;/h2-3,5,7-8,11,13,18,23H,4,6,9-10,12,14H2,1H3,(H,25,27);1H. The van der Waals surface area contributed by atoms with E-state index in [1.165, 1.54) is 25.1 Å². The highest BCUT2D eigenvalue weighted by Gasteiger charge is 2.26. The number of rotatable bonds is 5. The second-order valence-electron chi connectivity index (χ2n) is 6.96. The Hall–Kier alpha value is -2.51. The first-order valence-electron chi connectivity index (χ1n) is 9.53. The summed E-state index contributed by atoms with van der Waals surface area (Å²) in [5.74, 6) is -1.14. The van der Waals surface area contributed by atoms with Gasteiger partial charge >= 0.3 is 0 Å². The fourth-order valence-electron chi connectivity index (χ4n) is 3.45. The fourth-order valence-corrected chi connectivity index (χ4v) is 3.45. The summed E-state index contributed by atoms with van der Waals surface area (Å²) in [5.41, 5.74) is 1.16. The van der Waals surface area contributed by atoms with E-state index in [1.54, 1.807) is 6.20 Å². The molecule has 1 unspecified atom stereocenters. The van der Waals surface area contributed by atoms with Crippen LogP contribution in [-0.4, -0.2) is 40.8 Å². The first-order valence-corrected chi connectivity index (χ1v) is 9.53. The molecule has 0 bridgehead atoms. The van der Waals surface area contributed by atoms with Gasteiger partial charge < -0.3 is 15.5 Å². The minimum atomic E-state index is -0.568. The topological polar surface area (TPSA) is 74.3 Å². The third-order valence-corrected chi connectivity index (χ3v) is 4.83. The molecule has 0 aliphatic carbocycles. The molecule has 0 radical (unpaired) electrons. The number of amides is 2. The van der Waals surface area contributed by atoms with E-state index in [4.69, 9.17) is 0 Å². The van der Waals surface area contributed by atoms with Gasteiger partial charge in [0, 0.05) is 24.7 Å². The summed E-state index contributed by atoms with van der Waals surface area (Å²) < 4.78 is 14.0. The third-order valence-electron chi connectivity index (χ3n) is 4.83. The van der Waals surface area contributed by atoms with Crippen LogP contribution in [0.15, 0.2) is 42.6 Å². The van der Waals surface area contributed by atoms with Crippen molar-refractivity contribution in [1.82, 2.24) is 15.2 Å². The number of nitrogens with zero attached hydrogens (tertiary/aromatic N) is 2. The molecule has 3 rings (SSSR count). The van der Waals surface area contributed by atoms with Gasteiger partial charge in [-0.1, -0.05) is 6.07 Å². The molecule has 1 saturated heterocycles. The van der Waals surface area contributed by atoms with Crippen molar-refractivity contribution in [1.29, 1.82) is 0 Å². The number of hydrogen-bond donors (Lipinski definition) is 2. The molecule has 2 amide bonds. The molecule has 6 nitrogen and oxygen atoms in total. The zero-order valence-corrected chi connectivity index (χ0v) is 17.2. The maximum absolute atomic E-state index is 14.0. The molecule has 1 aromatic heterocycles. The molecular formula is C21H26ClFN4O2. The number of aromatic nitrogens is 1. The van der Waals surface area contributed by atoms with E-state index in [-0.39, 0.29) is 36.0 Å². The number of carbonyl (C=O) groups excluding carboxylic acids is 2. The van der Waals surface area contributed by atoms with Gasteiger partial charge in [-0.05, 0) is 62.7 Å². The number of hydrogen-bond acceptors (Lipinski definition) is 4. The summed E-state index contributed by atoms with van der Waals surface area (Å²) in [4.78, 5) is 30.8. The lowest BCUT2D eigenvalue weighted by atomic mass is 10.0. The number of anilines is 1. The minimum absolute atomic E-state index is 0. The predicted octanol–water partition coefficient (Wildman–Crippen LogP) is 3.39. The highest BCUT2D eigenvalue weighted by molar-refractivity contribution is 5.97. The summed E-state index contributed by atoms with van der Waals surface area (Å²) in [7, 11) is 0. The van der Waals surface area contributed by atoms with Crippen LogP contribution in [0, 0.1) is 5.82 Å². The smallest absolute Gasteiger partial charge is 0.254 e. The van der Waals surface area contributed by atoms with Gasteiger partial charge in [-0.15, -0.1) is 12.4 Å². The van der Waals surface area contributed by atoms with Crippen LogP contribution in [0.5, 0.6) is 0 Å². The summed E-state index contributed by atoms with van der Waals surface area (Å²) in [6.07, 6.45) is 4.43. The van der Waals surface area contributed by atoms with Crippen molar-refractivity contribution in [3.63, 3.8) is 0 Å². The molecule has 1 aromatic carbocycles. The fraction of sp³-hybridized carbons (Fsp3) is 0.381. The Morgan fingerprint density at radius 2 is 2.07 bits per heavy atom. The summed E-state index contributed by atoms with van der Waals surface area (Å²) in [5, 5.41) is 5.80. The van der Waals surface area contributed by atoms with E-state index in [2.05, 4.69) is 15.6 Å². The molecular weight excluding hydrogens is 395 g/mol. The van der Waals surface area contributed by atoms with Crippen molar-refractivity contribution < 1.29 is 14.0 Å². The summed E-state index contributed by atoms with van der Waals surface area (Å²) >= 11 is 0. The zero-order chi connectivity index (χ0) is 19.9. The van der Waals surface area contributed by atoms with Gasteiger partial charge in [0.15, 0.2) is 0 Å². The van der Waals surface area contributed by atoms with Crippen molar-refractivity contribution in [2.24, 2.45) is 0 Å². The van der Waals surface area contributed by atoms with E-state index in [1.807, 2.05) is 23.1 Å². The van der Waals surface area contributed by atoms with E-state index in [9.17, 15) is 14.0 Å². The van der Waals surface area contributed by atoms with Crippen LogP contribution in [-0.2, 0) is 11.3 Å². The lowest BCUT2D eigenvalue weighted by Gasteiger charge is -2.31. The molecule has 1 aliphatic rings. The normalized spacial score (nSPS) is 16.3. The van der Waals surface area contributed by atoms with Crippen molar-refractivity contribution >= 4 is 29.9 Å². The van der Waals surface area contributed by atoms with Gasteiger partial charge in [0.05, 0.1) is 17.9 Å². The van der Waals surface area contributed by atoms with Crippen LogP contribution in [0.4, 0.5) is 10.1 Å². The molecule has 29 heavy (non-hydrogen) atoms. The van der Waals surface area contributed by atoms with Crippen LogP contribution in [0.1, 0.15) is 42.2 Å². The second-order valence-corrected chi connectivity index (χ2v) is 6.96. The van der Waals surface area contributed by atoms with Crippen LogP contribution in [0.3, 0.4) is 0 Å². The Morgan fingerprint density at radius 3 is 2.79 bits per heavy atom. The van der Waals surface area contributed by atoms with Gasteiger partial charge in [-0.3, -0.25) is 14.6 Å². The van der Waals surface area contributed by atoms with Crippen LogP contribution >= 0.6 is 12.4 Å². The molecule has 2 heterocycles. The predicted molar refractivity (Wildman–Crippen MR) is 113 cm³/mol. The largest absolute Gasteiger partial charge is 0.330 e. The number of pyridine rings is 1. The Kier molecular flexibility index (Phi) is 8.54. The molecule has 1 aliphatic heterocycles. The number of carbonyl (C=O) groups is 2. The van der Waals surface area contributed by atoms with Gasteiger partial charge in [-0.25, -0.2) is 4.39 Å². The molecule has 2 aromatic rings. The third kappa shape index (κ3) is 6.24. The van der Waals surface area contributed by atoms with Gasteiger partial charge in [0.2, 0.25) is 5.91 Å². The van der Waals surface area contributed by atoms with Crippen molar-refractivity contribution in [3.8, 4) is 0 Å². The molecule has 1 fully saturated rings. The van der Waals surface area contributed by atoms with Crippen molar-refractivity contribution in [2.45, 2.75) is 38.8 Å². The minimum Gasteiger partial charge on any atom is -0.330 e. The van der Waals surface area contributed by atoms with Crippen LogP contribution < -0.4 is 10.6 Å². The Morgan fingerprint density at radius 1 is 1.24 bits per heavy atom. The second kappa shape index (κ2) is 10.9. The molecule has 2 N–H and O–H groups in total. The Balaban J connectivity index is 0.00000300. The van der Waals surface area contributed by atoms with Crippen LogP contribution in [0.2, 0.25) is 0 Å². The molecule has 8 heteroatoms. The monoisotopic (exact) mass is 420 g/mol. The van der Waals surface area contributed by atoms with E-state index in [0.29, 0.717) is 12.1 Å². The lowest BCUT2D eigenvalue weighted by Crippen LogP contribution is -2.40. The molecule has 1 atom stereocenters. The molecule has 156 valence electrons. The quantitative estimate of drug-likeness (QED) is 0.777. The Labute approximate surface area is 176 Å². The zero-order valence-electron chi connectivity index (χ0n) is 16.4. The van der Waals surface area contributed by atoms with E-state index in [0.717, 1.165) is 38.0 Å². The number of halogens is 2. The average Bonchev–Trinajstić information content (AvgIpc) is 2.97.